The smallest absolute Gasteiger partial charge is 0.411 e. The summed E-state index contributed by atoms with van der Waals surface area (Å²) in [7, 11) is 1.27. The summed E-state index contributed by atoms with van der Waals surface area (Å²) < 4.78 is 4.60. The van der Waals surface area contributed by atoms with Crippen LogP contribution in [0.3, 0.4) is 0 Å². The van der Waals surface area contributed by atoms with Gasteiger partial charge in [-0.05, 0) is 6.42 Å². The molecule has 5 nitrogen and oxygen atoms in total. The number of nitrogens with zero attached hydrogens (tertiary/aromatic N) is 1. The number of methoxy groups -OCH3 is 1. The van der Waals surface area contributed by atoms with Crippen molar-refractivity contribution in [1.29, 1.82) is 0 Å². The van der Waals surface area contributed by atoms with Gasteiger partial charge in [-0.25, -0.2) is 9.59 Å². The van der Waals surface area contributed by atoms with E-state index in [1.165, 1.54) is 23.8 Å². The molecule has 0 aromatic rings. The number of carboxylic acids is 1. The molecule has 0 aromatic heterocycles. The maximum absolute atomic E-state index is 11.4. The molecule has 1 saturated heterocycles. The molecule has 1 amide bonds. The summed E-state index contributed by atoms with van der Waals surface area (Å²) in [4.78, 5) is 23.7. The third-order valence-corrected chi connectivity index (χ3v) is 3.65. The van der Waals surface area contributed by atoms with Crippen LogP contribution in [0.15, 0.2) is 0 Å². The molecule has 1 aliphatic rings. The van der Waals surface area contributed by atoms with Crippen molar-refractivity contribution in [3.05, 3.63) is 0 Å². The molecule has 1 aliphatic heterocycles. The van der Waals surface area contributed by atoms with E-state index in [4.69, 9.17) is 5.11 Å². The van der Waals surface area contributed by atoms with Crippen molar-refractivity contribution in [1.82, 2.24) is 4.90 Å². The Balaban J connectivity index is 2.77. The molecule has 1 N–H and O–H groups in total. The topological polar surface area (TPSA) is 66.8 Å². The van der Waals surface area contributed by atoms with Crippen LogP contribution in [-0.2, 0) is 9.53 Å². The number of ether oxygens (including phenoxy) is 1. The largest absolute Gasteiger partial charge is 0.480 e. The molecule has 0 radical (unpaired) electrons. The van der Waals surface area contributed by atoms with Gasteiger partial charge in [0.05, 0.1) is 12.5 Å². The zero-order chi connectivity index (χ0) is 11.4. The van der Waals surface area contributed by atoms with Crippen LogP contribution in [0.4, 0.5) is 4.79 Å². The van der Waals surface area contributed by atoms with E-state index in [0.29, 0.717) is 5.75 Å². The standard InChI is InChI=1S/C9H15NO4S/c1-3-4-7-10(9(13)14-2)6(5-15-7)8(11)12/h6-7H,3-5H2,1-2H3,(H,11,12). The number of aliphatic carboxylic acids is 1. The minimum atomic E-state index is -0.966. The predicted molar refractivity (Wildman–Crippen MR) is 56.8 cm³/mol. The van der Waals surface area contributed by atoms with E-state index in [1.54, 1.807) is 0 Å². The number of hydrogen-bond acceptors (Lipinski definition) is 4. The molecule has 6 heteroatoms. The third kappa shape index (κ3) is 2.56. The van der Waals surface area contributed by atoms with Crippen LogP contribution >= 0.6 is 11.8 Å². The Morgan fingerprint density at radius 1 is 1.60 bits per heavy atom. The molecule has 15 heavy (non-hydrogen) atoms. The molecular weight excluding hydrogens is 218 g/mol. The highest BCUT2D eigenvalue weighted by Crippen LogP contribution is 2.32. The molecular formula is C9H15NO4S. The molecule has 0 aromatic carbocycles. The quantitative estimate of drug-likeness (QED) is 0.797. The van der Waals surface area contributed by atoms with E-state index in [9.17, 15) is 9.59 Å². The van der Waals surface area contributed by atoms with Crippen LogP contribution in [0.25, 0.3) is 0 Å². The van der Waals surface area contributed by atoms with E-state index in [1.807, 2.05) is 6.92 Å². The molecule has 0 saturated carbocycles. The molecule has 0 spiro atoms. The Hall–Kier alpha value is -0.910. The monoisotopic (exact) mass is 233 g/mol. The predicted octanol–water partition coefficient (Wildman–Crippen LogP) is 1.38. The van der Waals surface area contributed by atoms with Gasteiger partial charge >= 0.3 is 12.1 Å². The highest BCUT2D eigenvalue weighted by atomic mass is 32.2. The van der Waals surface area contributed by atoms with E-state index < -0.39 is 18.1 Å². The fourth-order valence-corrected chi connectivity index (χ4v) is 3.08. The Morgan fingerprint density at radius 3 is 2.73 bits per heavy atom. The first-order valence-corrected chi connectivity index (χ1v) is 5.87. The van der Waals surface area contributed by atoms with Gasteiger partial charge in [0.2, 0.25) is 0 Å². The number of amides is 1. The minimum Gasteiger partial charge on any atom is -0.480 e. The summed E-state index contributed by atoms with van der Waals surface area (Å²) in [6.07, 6.45) is 1.16. The molecule has 1 heterocycles. The normalized spacial score (nSPS) is 25.3. The number of thioether (sulfide) groups is 1. The van der Waals surface area contributed by atoms with Crippen LogP contribution < -0.4 is 0 Å². The SMILES string of the molecule is CCCC1SCC(C(=O)O)N1C(=O)OC. The zero-order valence-corrected chi connectivity index (χ0v) is 9.62. The fourth-order valence-electron chi connectivity index (χ4n) is 1.57. The summed E-state index contributed by atoms with van der Waals surface area (Å²) >= 11 is 1.50. The number of hydrogen-bond donors (Lipinski definition) is 1. The van der Waals surface area contributed by atoms with Crippen molar-refractivity contribution in [3.8, 4) is 0 Å². The highest BCUT2D eigenvalue weighted by molar-refractivity contribution is 8.00. The average molecular weight is 233 g/mol. The Labute approximate surface area is 92.8 Å². The Kier molecular flexibility index (Phi) is 4.26. The zero-order valence-electron chi connectivity index (χ0n) is 8.80. The van der Waals surface area contributed by atoms with Gasteiger partial charge in [0, 0.05) is 5.75 Å². The number of carboxylic acid groups (broad SMARTS) is 1. The fraction of sp³-hybridized carbons (Fsp3) is 0.778. The third-order valence-electron chi connectivity index (χ3n) is 2.30. The molecule has 1 rings (SSSR count). The molecule has 86 valence electrons. The van der Waals surface area contributed by atoms with E-state index >= 15 is 0 Å². The maximum atomic E-state index is 11.4. The number of rotatable bonds is 3. The first kappa shape index (κ1) is 12.2. The van der Waals surface area contributed by atoms with Gasteiger partial charge < -0.3 is 9.84 Å². The Bertz CT molecular complexity index is 258. The number of carbonyl (C=O) groups excluding carboxylic acids is 1. The summed E-state index contributed by atoms with van der Waals surface area (Å²) in [5.41, 5.74) is 0. The molecule has 2 unspecified atom stereocenters. The Morgan fingerprint density at radius 2 is 2.27 bits per heavy atom. The summed E-state index contributed by atoms with van der Waals surface area (Å²) in [6.45, 7) is 2.00. The van der Waals surface area contributed by atoms with Gasteiger partial charge in [-0.3, -0.25) is 4.90 Å². The maximum Gasteiger partial charge on any atom is 0.411 e. The average Bonchev–Trinajstić information content (AvgIpc) is 2.61. The van der Waals surface area contributed by atoms with Crippen molar-refractivity contribution in [2.24, 2.45) is 0 Å². The van der Waals surface area contributed by atoms with E-state index in [0.717, 1.165) is 12.8 Å². The van der Waals surface area contributed by atoms with Gasteiger partial charge in [0.15, 0.2) is 0 Å². The lowest BCUT2D eigenvalue weighted by Crippen LogP contribution is -2.45. The van der Waals surface area contributed by atoms with Crippen molar-refractivity contribution in [3.63, 3.8) is 0 Å². The van der Waals surface area contributed by atoms with Crippen LogP contribution in [0.5, 0.6) is 0 Å². The van der Waals surface area contributed by atoms with Crippen LogP contribution in [-0.4, -0.2) is 46.3 Å². The molecule has 1 fully saturated rings. The second-order valence-electron chi connectivity index (χ2n) is 3.31. The highest BCUT2D eigenvalue weighted by Gasteiger charge is 2.41. The van der Waals surface area contributed by atoms with Crippen molar-refractivity contribution in [2.45, 2.75) is 31.2 Å². The second kappa shape index (κ2) is 5.25. The van der Waals surface area contributed by atoms with Gasteiger partial charge in [0.1, 0.15) is 6.04 Å². The first-order chi connectivity index (χ1) is 7.11. The lowest BCUT2D eigenvalue weighted by Gasteiger charge is -2.25. The van der Waals surface area contributed by atoms with Gasteiger partial charge in [-0.1, -0.05) is 13.3 Å². The van der Waals surface area contributed by atoms with Crippen LogP contribution in [0.2, 0.25) is 0 Å². The lowest BCUT2D eigenvalue weighted by molar-refractivity contribution is -0.141. The van der Waals surface area contributed by atoms with Crippen molar-refractivity contribution in [2.75, 3.05) is 12.9 Å². The summed E-state index contributed by atoms with van der Waals surface area (Å²) in [5, 5.41) is 8.89. The van der Waals surface area contributed by atoms with Gasteiger partial charge in [0.25, 0.3) is 0 Å². The van der Waals surface area contributed by atoms with Crippen molar-refractivity contribution >= 4 is 23.8 Å². The molecule has 0 aliphatic carbocycles. The second-order valence-corrected chi connectivity index (χ2v) is 4.52. The van der Waals surface area contributed by atoms with Gasteiger partial charge in [-0.2, -0.15) is 0 Å². The lowest BCUT2D eigenvalue weighted by atomic mass is 10.2. The molecule has 2 atom stereocenters. The minimum absolute atomic E-state index is 0.0662. The molecule has 0 bridgehead atoms. The van der Waals surface area contributed by atoms with Gasteiger partial charge in [-0.15, -0.1) is 11.8 Å². The van der Waals surface area contributed by atoms with E-state index in [-0.39, 0.29) is 5.37 Å². The van der Waals surface area contributed by atoms with Crippen molar-refractivity contribution < 1.29 is 19.4 Å². The first-order valence-electron chi connectivity index (χ1n) is 4.82. The summed E-state index contributed by atoms with van der Waals surface area (Å²) in [6, 6.07) is -0.751. The number of carbonyl (C=O) groups is 2. The van der Waals surface area contributed by atoms with Crippen LogP contribution in [0, 0.1) is 0 Å². The van der Waals surface area contributed by atoms with Crippen LogP contribution in [0.1, 0.15) is 19.8 Å². The summed E-state index contributed by atoms with van der Waals surface area (Å²) in [5.74, 6) is -0.527. The van der Waals surface area contributed by atoms with E-state index in [2.05, 4.69) is 4.74 Å².